The zero-order valence-corrected chi connectivity index (χ0v) is 10.3. The minimum absolute atomic E-state index is 0.00645. The van der Waals surface area contributed by atoms with E-state index < -0.39 is 11.4 Å². The van der Waals surface area contributed by atoms with Crippen LogP contribution in [0.2, 0.25) is 0 Å². The molecule has 1 aromatic rings. The molecule has 0 bridgehead atoms. The van der Waals surface area contributed by atoms with Gasteiger partial charge >= 0.3 is 5.97 Å². The van der Waals surface area contributed by atoms with E-state index in [1.54, 1.807) is 24.3 Å². The summed E-state index contributed by atoms with van der Waals surface area (Å²) < 4.78 is 0. The summed E-state index contributed by atoms with van der Waals surface area (Å²) in [4.78, 5) is 22.2. The van der Waals surface area contributed by atoms with E-state index >= 15 is 0 Å². The van der Waals surface area contributed by atoms with E-state index in [9.17, 15) is 9.59 Å². The molecule has 0 aromatic heterocycles. The number of anilines is 1. The Kier molecular flexibility index (Phi) is 3.89. The van der Waals surface area contributed by atoms with Crippen molar-refractivity contribution in [2.45, 2.75) is 27.2 Å². The maximum absolute atomic E-state index is 11.7. The van der Waals surface area contributed by atoms with Crippen LogP contribution in [0.4, 0.5) is 5.69 Å². The number of nitrogens with one attached hydrogen (secondary N) is 1. The van der Waals surface area contributed by atoms with Crippen LogP contribution < -0.4 is 5.32 Å². The van der Waals surface area contributed by atoms with Gasteiger partial charge in [0.25, 0.3) is 0 Å². The monoisotopic (exact) mass is 235 g/mol. The number of carbonyl (C=O) groups excluding carboxylic acids is 1. The Morgan fingerprint density at radius 1 is 1.18 bits per heavy atom. The number of carbonyl (C=O) groups is 2. The van der Waals surface area contributed by atoms with Crippen LogP contribution in [-0.2, 0) is 16.0 Å². The molecule has 0 radical (unpaired) electrons. The molecule has 0 aliphatic rings. The van der Waals surface area contributed by atoms with E-state index in [2.05, 4.69) is 5.32 Å². The second kappa shape index (κ2) is 4.99. The maximum Gasteiger partial charge on any atom is 0.307 e. The molecule has 0 heterocycles. The molecule has 0 aliphatic carbocycles. The molecule has 0 saturated heterocycles. The van der Waals surface area contributed by atoms with E-state index in [4.69, 9.17) is 5.11 Å². The summed E-state index contributed by atoms with van der Waals surface area (Å²) in [5.74, 6) is -0.931. The Balaban J connectivity index is 2.69. The number of carboxylic acid groups (broad SMARTS) is 1. The van der Waals surface area contributed by atoms with Crippen LogP contribution in [0.15, 0.2) is 24.3 Å². The molecule has 4 nitrogen and oxygen atoms in total. The van der Waals surface area contributed by atoms with Gasteiger partial charge in [-0.1, -0.05) is 32.9 Å². The predicted octanol–water partition coefficient (Wildman–Crippen LogP) is 2.30. The lowest BCUT2D eigenvalue weighted by molar-refractivity contribution is -0.136. The van der Waals surface area contributed by atoms with Crippen molar-refractivity contribution in [2.24, 2.45) is 5.41 Å². The van der Waals surface area contributed by atoms with Crippen LogP contribution >= 0.6 is 0 Å². The quantitative estimate of drug-likeness (QED) is 0.844. The van der Waals surface area contributed by atoms with Gasteiger partial charge in [-0.3, -0.25) is 9.59 Å². The van der Waals surface area contributed by atoms with Gasteiger partial charge in [-0.2, -0.15) is 0 Å². The molecular formula is C13H17NO3. The number of carboxylic acids is 1. The number of hydrogen-bond acceptors (Lipinski definition) is 2. The van der Waals surface area contributed by atoms with Crippen molar-refractivity contribution < 1.29 is 14.7 Å². The van der Waals surface area contributed by atoms with E-state index in [0.717, 1.165) is 0 Å². The SMILES string of the molecule is CC(C)(C)C(=O)Nc1ccc(CC(=O)O)cc1. The third-order valence-corrected chi connectivity index (χ3v) is 2.25. The van der Waals surface area contributed by atoms with Crippen molar-refractivity contribution in [3.05, 3.63) is 29.8 Å². The lowest BCUT2D eigenvalue weighted by Crippen LogP contribution is -2.27. The van der Waals surface area contributed by atoms with Crippen LogP contribution in [0.3, 0.4) is 0 Å². The lowest BCUT2D eigenvalue weighted by Gasteiger charge is -2.17. The number of amides is 1. The maximum atomic E-state index is 11.7. The molecule has 1 amide bonds. The summed E-state index contributed by atoms with van der Waals surface area (Å²) in [6.45, 7) is 5.50. The fourth-order valence-corrected chi connectivity index (χ4v) is 1.20. The zero-order valence-electron chi connectivity index (χ0n) is 10.3. The first-order valence-electron chi connectivity index (χ1n) is 5.41. The second-order valence-corrected chi connectivity index (χ2v) is 4.97. The van der Waals surface area contributed by atoms with Crippen molar-refractivity contribution in [1.82, 2.24) is 0 Å². The van der Waals surface area contributed by atoms with Gasteiger partial charge in [0, 0.05) is 11.1 Å². The molecule has 0 fully saturated rings. The van der Waals surface area contributed by atoms with Gasteiger partial charge in [0.2, 0.25) is 5.91 Å². The highest BCUT2D eigenvalue weighted by atomic mass is 16.4. The molecule has 0 saturated carbocycles. The molecule has 0 spiro atoms. The Bertz CT molecular complexity index is 415. The largest absolute Gasteiger partial charge is 0.481 e. The highest BCUT2D eigenvalue weighted by Crippen LogP contribution is 2.17. The molecule has 0 unspecified atom stereocenters. The van der Waals surface area contributed by atoms with Crippen LogP contribution in [0, 0.1) is 5.41 Å². The van der Waals surface area contributed by atoms with Gasteiger partial charge < -0.3 is 10.4 Å². The van der Waals surface area contributed by atoms with Crippen molar-refractivity contribution in [3.63, 3.8) is 0 Å². The third kappa shape index (κ3) is 4.26. The van der Waals surface area contributed by atoms with Crippen molar-refractivity contribution in [3.8, 4) is 0 Å². The summed E-state index contributed by atoms with van der Waals surface area (Å²) >= 11 is 0. The lowest BCUT2D eigenvalue weighted by atomic mass is 9.95. The molecule has 1 rings (SSSR count). The second-order valence-electron chi connectivity index (χ2n) is 4.97. The minimum Gasteiger partial charge on any atom is -0.481 e. The molecule has 0 atom stereocenters. The molecule has 0 aliphatic heterocycles. The molecule has 17 heavy (non-hydrogen) atoms. The molecule has 92 valence electrons. The topological polar surface area (TPSA) is 66.4 Å². The first-order chi connectivity index (χ1) is 7.79. The average Bonchev–Trinajstić information content (AvgIpc) is 2.18. The summed E-state index contributed by atoms with van der Waals surface area (Å²) in [7, 11) is 0. The third-order valence-electron chi connectivity index (χ3n) is 2.25. The van der Waals surface area contributed by atoms with Crippen molar-refractivity contribution in [2.75, 3.05) is 5.32 Å². The van der Waals surface area contributed by atoms with Crippen LogP contribution in [0.1, 0.15) is 26.3 Å². The standard InChI is InChI=1S/C13H17NO3/c1-13(2,3)12(17)14-10-6-4-9(5-7-10)8-11(15)16/h4-7H,8H2,1-3H3,(H,14,17)(H,15,16). The smallest absolute Gasteiger partial charge is 0.307 e. The highest BCUT2D eigenvalue weighted by Gasteiger charge is 2.20. The molecule has 4 heteroatoms. The van der Waals surface area contributed by atoms with Gasteiger partial charge in [-0.25, -0.2) is 0 Å². The fraction of sp³-hybridized carbons (Fsp3) is 0.385. The zero-order chi connectivity index (χ0) is 13.1. The molecule has 1 aromatic carbocycles. The average molecular weight is 235 g/mol. The molecular weight excluding hydrogens is 218 g/mol. The van der Waals surface area contributed by atoms with Gasteiger partial charge in [-0.15, -0.1) is 0 Å². The number of rotatable bonds is 3. The Morgan fingerprint density at radius 3 is 2.12 bits per heavy atom. The first-order valence-corrected chi connectivity index (χ1v) is 5.41. The van der Waals surface area contributed by atoms with Crippen LogP contribution in [0.25, 0.3) is 0 Å². The van der Waals surface area contributed by atoms with Gasteiger partial charge in [-0.05, 0) is 17.7 Å². The Labute approximate surface area is 101 Å². The summed E-state index contributed by atoms with van der Waals surface area (Å²) in [6.07, 6.45) is -0.00645. The normalized spacial score (nSPS) is 11.0. The minimum atomic E-state index is -0.864. The van der Waals surface area contributed by atoms with E-state index in [0.29, 0.717) is 11.3 Å². The van der Waals surface area contributed by atoms with E-state index in [-0.39, 0.29) is 12.3 Å². The van der Waals surface area contributed by atoms with Crippen LogP contribution in [0.5, 0.6) is 0 Å². The Hall–Kier alpha value is -1.84. The number of hydrogen-bond donors (Lipinski definition) is 2. The number of aliphatic carboxylic acids is 1. The fourth-order valence-electron chi connectivity index (χ4n) is 1.20. The first kappa shape index (κ1) is 13.2. The number of benzene rings is 1. The van der Waals surface area contributed by atoms with Crippen molar-refractivity contribution in [1.29, 1.82) is 0 Å². The Morgan fingerprint density at radius 2 is 1.71 bits per heavy atom. The van der Waals surface area contributed by atoms with Gasteiger partial charge in [0.1, 0.15) is 0 Å². The summed E-state index contributed by atoms with van der Waals surface area (Å²) in [6, 6.07) is 6.82. The predicted molar refractivity (Wildman–Crippen MR) is 65.9 cm³/mol. The molecule has 2 N–H and O–H groups in total. The van der Waals surface area contributed by atoms with E-state index in [1.165, 1.54) is 0 Å². The summed E-state index contributed by atoms with van der Waals surface area (Å²) in [5.41, 5.74) is 0.949. The highest BCUT2D eigenvalue weighted by molar-refractivity contribution is 5.94. The summed E-state index contributed by atoms with van der Waals surface area (Å²) in [5, 5.41) is 11.4. The van der Waals surface area contributed by atoms with Gasteiger partial charge in [0.05, 0.1) is 6.42 Å². The van der Waals surface area contributed by atoms with Gasteiger partial charge in [0.15, 0.2) is 0 Å². The van der Waals surface area contributed by atoms with Crippen molar-refractivity contribution >= 4 is 17.6 Å². The van der Waals surface area contributed by atoms with Crippen LogP contribution in [-0.4, -0.2) is 17.0 Å². The van der Waals surface area contributed by atoms with E-state index in [1.807, 2.05) is 20.8 Å².